The van der Waals surface area contributed by atoms with Crippen LogP contribution in [0.15, 0.2) is 48.8 Å². The van der Waals surface area contributed by atoms with Crippen LogP contribution >= 0.6 is 0 Å². The standard InChI is InChI=1S/C27H32N4O4/c1-34-20-6-8-24-22(14-20)18(16-30-24)10-12-28-26(32)4-3-5-27(33)29-13-11-19-17-31-25-9-7-21(35-2)15-23(19)25/h6-9,14-17,30-31H,3-5,10-13H2,1-2H3,(H,28,32)(H,29,33). The first kappa shape index (κ1) is 24.2. The van der Waals surface area contributed by atoms with E-state index in [0.29, 0.717) is 32.4 Å². The van der Waals surface area contributed by atoms with Crippen LogP contribution in [0.5, 0.6) is 11.5 Å². The lowest BCUT2D eigenvalue weighted by Gasteiger charge is -2.07. The van der Waals surface area contributed by atoms with Crippen LogP contribution in [0.2, 0.25) is 0 Å². The number of hydrogen-bond acceptors (Lipinski definition) is 4. The Kier molecular flexibility index (Phi) is 7.92. The number of benzene rings is 2. The van der Waals surface area contributed by atoms with E-state index in [-0.39, 0.29) is 11.8 Å². The SMILES string of the molecule is COc1ccc2[nH]cc(CCNC(=O)CCCC(=O)NCCc3c[nH]c4ccc(OC)cc34)c2c1. The van der Waals surface area contributed by atoms with Crippen LogP contribution in [0.25, 0.3) is 21.8 Å². The average Bonchev–Trinajstić information content (AvgIpc) is 3.47. The first-order chi connectivity index (χ1) is 17.1. The molecule has 0 fully saturated rings. The third-order valence-electron chi connectivity index (χ3n) is 6.19. The molecule has 0 aliphatic heterocycles. The second-order valence-corrected chi connectivity index (χ2v) is 8.50. The maximum atomic E-state index is 12.2. The Labute approximate surface area is 204 Å². The van der Waals surface area contributed by atoms with E-state index < -0.39 is 0 Å². The van der Waals surface area contributed by atoms with Crippen molar-refractivity contribution in [2.45, 2.75) is 32.1 Å². The van der Waals surface area contributed by atoms with Gasteiger partial charge in [-0.05, 0) is 66.8 Å². The van der Waals surface area contributed by atoms with Gasteiger partial charge in [0.2, 0.25) is 11.8 Å². The van der Waals surface area contributed by atoms with Crippen molar-refractivity contribution >= 4 is 33.6 Å². The summed E-state index contributed by atoms with van der Waals surface area (Å²) >= 11 is 0. The van der Waals surface area contributed by atoms with Gasteiger partial charge in [0.1, 0.15) is 11.5 Å². The number of aromatic nitrogens is 2. The van der Waals surface area contributed by atoms with Gasteiger partial charge in [0.05, 0.1) is 14.2 Å². The molecule has 2 heterocycles. The minimum Gasteiger partial charge on any atom is -0.497 e. The summed E-state index contributed by atoms with van der Waals surface area (Å²) in [5, 5.41) is 8.09. The maximum Gasteiger partial charge on any atom is 0.220 e. The van der Waals surface area contributed by atoms with E-state index in [1.165, 1.54) is 0 Å². The molecule has 4 aromatic rings. The summed E-state index contributed by atoms with van der Waals surface area (Å²) in [5.41, 5.74) is 4.35. The molecule has 184 valence electrons. The minimum absolute atomic E-state index is 0.0389. The van der Waals surface area contributed by atoms with Crippen LogP contribution in [-0.4, -0.2) is 49.1 Å². The van der Waals surface area contributed by atoms with Gasteiger partial charge in [-0.25, -0.2) is 0 Å². The highest BCUT2D eigenvalue weighted by molar-refractivity contribution is 5.85. The number of hydrogen-bond donors (Lipinski definition) is 4. The van der Waals surface area contributed by atoms with Crippen molar-refractivity contribution in [1.29, 1.82) is 0 Å². The molecule has 0 atom stereocenters. The first-order valence-corrected chi connectivity index (χ1v) is 11.9. The zero-order chi connectivity index (χ0) is 24.6. The fourth-order valence-electron chi connectivity index (χ4n) is 4.24. The molecule has 0 saturated heterocycles. The molecular weight excluding hydrogens is 444 g/mol. The molecule has 0 bridgehead atoms. The highest BCUT2D eigenvalue weighted by Gasteiger charge is 2.09. The van der Waals surface area contributed by atoms with Gasteiger partial charge in [0.25, 0.3) is 0 Å². The number of rotatable bonds is 12. The average molecular weight is 477 g/mol. The second-order valence-electron chi connectivity index (χ2n) is 8.50. The number of carbonyl (C=O) groups excluding carboxylic acids is 2. The van der Waals surface area contributed by atoms with E-state index in [1.807, 2.05) is 48.8 Å². The van der Waals surface area contributed by atoms with Gasteiger partial charge in [-0.15, -0.1) is 0 Å². The largest absolute Gasteiger partial charge is 0.497 e. The predicted octanol–water partition coefficient (Wildman–Crippen LogP) is 3.85. The zero-order valence-electron chi connectivity index (χ0n) is 20.2. The van der Waals surface area contributed by atoms with Crippen LogP contribution in [0.1, 0.15) is 30.4 Å². The molecule has 2 aromatic carbocycles. The van der Waals surface area contributed by atoms with Crippen LogP contribution in [-0.2, 0) is 22.4 Å². The minimum atomic E-state index is -0.0389. The molecule has 0 saturated carbocycles. The number of nitrogens with one attached hydrogen (secondary N) is 4. The van der Waals surface area contributed by atoms with Crippen molar-refractivity contribution in [3.8, 4) is 11.5 Å². The van der Waals surface area contributed by atoms with Gasteiger partial charge in [0, 0.05) is 60.1 Å². The molecule has 0 aliphatic carbocycles. The molecule has 8 nitrogen and oxygen atoms in total. The van der Waals surface area contributed by atoms with E-state index in [4.69, 9.17) is 9.47 Å². The Morgan fingerprint density at radius 1 is 0.743 bits per heavy atom. The first-order valence-electron chi connectivity index (χ1n) is 11.9. The molecule has 0 aliphatic rings. The Morgan fingerprint density at radius 3 is 1.63 bits per heavy atom. The lowest BCUT2D eigenvalue weighted by atomic mass is 10.1. The van der Waals surface area contributed by atoms with Crippen molar-refractivity contribution in [2.75, 3.05) is 27.3 Å². The smallest absolute Gasteiger partial charge is 0.220 e. The molecular formula is C27H32N4O4. The van der Waals surface area contributed by atoms with Gasteiger partial charge in [-0.2, -0.15) is 0 Å². The van der Waals surface area contributed by atoms with E-state index in [2.05, 4.69) is 20.6 Å². The Balaban J connectivity index is 1.13. The molecule has 4 rings (SSSR count). The predicted molar refractivity (Wildman–Crippen MR) is 137 cm³/mol. The maximum absolute atomic E-state index is 12.2. The summed E-state index contributed by atoms with van der Waals surface area (Å²) < 4.78 is 10.6. The summed E-state index contributed by atoms with van der Waals surface area (Å²) in [6.45, 7) is 1.09. The highest BCUT2D eigenvalue weighted by atomic mass is 16.5. The molecule has 0 unspecified atom stereocenters. The lowest BCUT2D eigenvalue weighted by Crippen LogP contribution is -2.27. The summed E-state index contributed by atoms with van der Waals surface area (Å²) in [7, 11) is 3.30. The fourth-order valence-corrected chi connectivity index (χ4v) is 4.24. The molecule has 0 spiro atoms. The number of H-pyrrole nitrogens is 2. The third-order valence-corrected chi connectivity index (χ3v) is 6.19. The van der Waals surface area contributed by atoms with Crippen molar-refractivity contribution in [3.63, 3.8) is 0 Å². The Morgan fingerprint density at radius 2 is 1.20 bits per heavy atom. The Hall–Kier alpha value is -3.94. The Bertz CT molecular complexity index is 1210. The van der Waals surface area contributed by atoms with Crippen LogP contribution in [0.3, 0.4) is 0 Å². The van der Waals surface area contributed by atoms with Gasteiger partial charge < -0.3 is 30.1 Å². The van der Waals surface area contributed by atoms with Crippen molar-refractivity contribution < 1.29 is 19.1 Å². The van der Waals surface area contributed by atoms with Gasteiger partial charge >= 0.3 is 0 Å². The van der Waals surface area contributed by atoms with E-state index in [9.17, 15) is 9.59 Å². The number of carbonyl (C=O) groups is 2. The summed E-state index contributed by atoms with van der Waals surface area (Å²) in [4.78, 5) is 30.8. The molecule has 2 amide bonds. The molecule has 35 heavy (non-hydrogen) atoms. The number of aromatic amines is 2. The van der Waals surface area contributed by atoms with E-state index in [1.54, 1.807) is 14.2 Å². The summed E-state index contributed by atoms with van der Waals surface area (Å²) in [6, 6.07) is 11.8. The fraction of sp³-hybridized carbons (Fsp3) is 0.333. The van der Waals surface area contributed by atoms with E-state index in [0.717, 1.165) is 57.3 Å². The third kappa shape index (κ3) is 6.15. The summed E-state index contributed by atoms with van der Waals surface area (Å²) in [6.07, 6.45) is 6.56. The van der Waals surface area contributed by atoms with Gasteiger partial charge in [-0.1, -0.05) is 0 Å². The molecule has 4 N–H and O–H groups in total. The topological polar surface area (TPSA) is 108 Å². The zero-order valence-corrected chi connectivity index (χ0v) is 20.2. The molecule has 0 radical (unpaired) electrons. The van der Waals surface area contributed by atoms with Crippen LogP contribution in [0.4, 0.5) is 0 Å². The van der Waals surface area contributed by atoms with Crippen molar-refractivity contribution in [3.05, 3.63) is 59.9 Å². The van der Waals surface area contributed by atoms with Gasteiger partial charge in [-0.3, -0.25) is 9.59 Å². The van der Waals surface area contributed by atoms with Crippen LogP contribution in [0, 0.1) is 0 Å². The number of fused-ring (bicyclic) bond motifs is 2. The monoisotopic (exact) mass is 476 g/mol. The molecule has 2 aromatic heterocycles. The van der Waals surface area contributed by atoms with Crippen LogP contribution < -0.4 is 20.1 Å². The highest BCUT2D eigenvalue weighted by Crippen LogP contribution is 2.24. The van der Waals surface area contributed by atoms with Gasteiger partial charge in [0.15, 0.2) is 0 Å². The number of amides is 2. The molecule has 8 heteroatoms. The summed E-state index contributed by atoms with van der Waals surface area (Å²) in [5.74, 6) is 1.54. The quantitative estimate of drug-likeness (QED) is 0.249. The number of methoxy groups -OCH3 is 2. The van der Waals surface area contributed by atoms with Crippen molar-refractivity contribution in [1.82, 2.24) is 20.6 Å². The number of ether oxygens (including phenoxy) is 2. The lowest BCUT2D eigenvalue weighted by molar-refractivity contribution is -0.122. The second kappa shape index (κ2) is 11.5. The van der Waals surface area contributed by atoms with E-state index >= 15 is 0 Å². The normalized spacial score (nSPS) is 11.0. The van der Waals surface area contributed by atoms with Crippen molar-refractivity contribution in [2.24, 2.45) is 0 Å².